The minimum atomic E-state index is -4.51. The molecule has 0 saturated carbocycles. The number of halogens is 3. The van der Waals surface area contributed by atoms with E-state index >= 15 is 0 Å². The number of carbonyl (C=O) groups excluding carboxylic acids is 1. The van der Waals surface area contributed by atoms with Crippen molar-refractivity contribution in [2.75, 3.05) is 5.32 Å². The number of quaternary nitrogens is 1. The average Bonchev–Trinajstić information content (AvgIpc) is 3.15. The van der Waals surface area contributed by atoms with E-state index in [1.165, 1.54) is 29.5 Å². The number of benzene rings is 1. The molecule has 0 spiro atoms. The van der Waals surface area contributed by atoms with Gasteiger partial charge in [0.2, 0.25) is 0 Å². The summed E-state index contributed by atoms with van der Waals surface area (Å²) in [4.78, 5) is 13.9. The van der Waals surface area contributed by atoms with Gasteiger partial charge in [0.15, 0.2) is 5.76 Å². The van der Waals surface area contributed by atoms with Gasteiger partial charge in [-0.3, -0.25) is 0 Å². The molecule has 2 aromatic rings. The van der Waals surface area contributed by atoms with Crippen molar-refractivity contribution in [1.29, 1.82) is 0 Å². The highest BCUT2D eigenvalue weighted by Crippen LogP contribution is 2.34. The lowest BCUT2D eigenvalue weighted by Crippen LogP contribution is -3.20. The van der Waals surface area contributed by atoms with Crippen LogP contribution in [0, 0.1) is 0 Å². The second-order valence-electron chi connectivity index (χ2n) is 7.97. The van der Waals surface area contributed by atoms with Crippen molar-refractivity contribution in [2.45, 2.75) is 63.0 Å². The molecule has 156 valence electrons. The quantitative estimate of drug-likeness (QED) is 0.724. The van der Waals surface area contributed by atoms with Gasteiger partial charge in [-0.1, -0.05) is 12.1 Å². The molecule has 0 radical (unpaired) electrons. The Morgan fingerprint density at radius 2 is 1.83 bits per heavy atom. The molecule has 0 unspecified atom stereocenters. The van der Waals surface area contributed by atoms with Crippen LogP contribution < -0.4 is 15.5 Å². The Hall–Kier alpha value is -2.48. The van der Waals surface area contributed by atoms with Gasteiger partial charge in [-0.2, -0.15) is 13.2 Å². The minimum Gasteiger partial charge on any atom is -0.463 e. The van der Waals surface area contributed by atoms with Crippen molar-refractivity contribution in [1.82, 2.24) is 5.32 Å². The molecular formula is C21H25F3N3O2+. The molecule has 3 heterocycles. The lowest BCUT2D eigenvalue weighted by atomic mass is 9.81. The van der Waals surface area contributed by atoms with E-state index in [0.29, 0.717) is 12.1 Å². The van der Waals surface area contributed by atoms with Crippen molar-refractivity contribution in [3.05, 3.63) is 54.0 Å². The molecule has 5 nitrogen and oxygen atoms in total. The Labute approximate surface area is 167 Å². The van der Waals surface area contributed by atoms with Crippen molar-refractivity contribution >= 4 is 11.7 Å². The third-order valence-electron chi connectivity index (χ3n) is 6.07. The predicted molar refractivity (Wildman–Crippen MR) is 101 cm³/mol. The third-order valence-corrected chi connectivity index (χ3v) is 6.07. The first-order valence-electron chi connectivity index (χ1n) is 10.0. The van der Waals surface area contributed by atoms with Crippen LogP contribution in [0.5, 0.6) is 0 Å². The average molecular weight is 408 g/mol. The van der Waals surface area contributed by atoms with Gasteiger partial charge in [0.1, 0.15) is 6.54 Å². The molecule has 2 fully saturated rings. The molecule has 2 atom stereocenters. The molecular weight excluding hydrogens is 383 g/mol. The number of piperidine rings is 2. The van der Waals surface area contributed by atoms with Crippen LogP contribution in [0.4, 0.5) is 23.7 Å². The molecule has 0 aliphatic carbocycles. The number of nitrogens with one attached hydrogen (secondary N) is 3. The van der Waals surface area contributed by atoms with E-state index in [1.54, 1.807) is 6.26 Å². The molecule has 2 aliphatic rings. The van der Waals surface area contributed by atoms with Crippen LogP contribution in [-0.4, -0.2) is 24.2 Å². The zero-order valence-corrected chi connectivity index (χ0v) is 16.0. The SMILES string of the molecule is O=C(Nc1ccccc1C(F)(F)F)NC1C[C@H]2CCC[C@H](C1)[NH+]2Cc1ccco1. The van der Waals surface area contributed by atoms with Crippen molar-refractivity contribution in [3.63, 3.8) is 0 Å². The maximum Gasteiger partial charge on any atom is 0.418 e. The summed E-state index contributed by atoms with van der Waals surface area (Å²) in [5.74, 6) is 0.963. The summed E-state index contributed by atoms with van der Waals surface area (Å²) in [6.07, 6.45) is 2.16. The number of hydrogen-bond acceptors (Lipinski definition) is 2. The van der Waals surface area contributed by atoms with Crippen LogP contribution in [0.2, 0.25) is 0 Å². The first-order valence-corrected chi connectivity index (χ1v) is 10.0. The highest BCUT2D eigenvalue weighted by Gasteiger charge is 2.42. The van der Waals surface area contributed by atoms with Gasteiger partial charge in [0.05, 0.1) is 29.6 Å². The molecule has 2 saturated heterocycles. The molecule has 2 aliphatic heterocycles. The highest BCUT2D eigenvalue weighted by atomic mass is 19.4. The zero-order chi connectivity index (χ0) is 20.4. The van der Waals surface area contributed by atoms with Crippen LogP contribution in [0.3, 0.4) is 0 Å². The number of alkyl halides is 3. The van der Waals surface area contributed by atoms with E-state index in [4.69, 9.17) is 4.42 Å². The number of para-hydroxylation sites is 1. The molecule has 3 N–H and O–H groups in total. The van der Waals surface area contributed by atoms with E-state index in [-0.39, 0.29) is 11.7 Å². The number of furan rings is 1. The summed E-state index contributed by atoms with van der Waals surface area (Å²) >= 11 is 0. The van der Waals surface area contributed by atoms with Crippen molar-refractivity contribution < 1.29 is 27.3 Å². The smallest absolute Gasteiger partial charge is 0.418 e. The molecule has 1 aromatic heterocycles. The van der Waals surface area contributed by atoms with Gasteiger partial charge >= 0.3 is 12.2 Å². The van der Waals surface area contributed by atoms with Crippen LogP contribution in [0.15, 0.2) is 47.1 Å². The Bertz CT molecular complexity index is 824. The molecule has 1 aromatic carbocycles. The summed E-state index contributed by atoms with van der Waals surface area (Å²) in [5.41, 5.74) is -1.07. The Morgan fingerprint density at radius 3 is 2.48 bits per heavy atom. The summed E-state index contributed by atoms with van der Waals surface area (Å²) < 4.78 is 44.9. The number of hydrogen-bond donors (Lipinski definition) is 3. The normalized spacial score (nSPS) is 26.7. The Morgan fingerprint density at radius 1 is 1.10 bits per heavy atom. The number of fused-ring (bicyclic) bond motifs is 2. The molecule has 8 heteroatoms. The second kappa shape index (κ2) is 8.10. The topological polar surface area (TPSA) is 58.7 Å². The fourth-order valence-corrected chi connectivity index (χ4v) is 4.84. The standard InChI is InChI=1S/C21H24F3N3O2/c22-21(23,24)18-8-1-2-9-19(18)26-20(28)25-14-11-15-5-3-6-16(12-14)27(15)13-17-7-4-10-29-17/h1-2,4,7-10,14-16H,3,5-6,11-13H2,(H2,25,26,28)/p+1/t15-,16-/m1/s1. The van der Waals surface area contributed by atoms with Gasteiger partial charge in [-0.05, 0) is 43.5 Å². The summed E-state index contributed by atoms with van der Waals surface area (Å²) in [7, 11) is 0. The summed E-state index contributed by atoms with van der Waals surface area (Å²) in [6, 6.07) is 9.12. The largest absolute Gasteiger partial charge is 0.463 e. The monoisotopic (exact) mass is 408 g/mol. The highest BCUT2D eigenvalue weighted by molar-refractivity contribution is 5.90. The first-order chi connectivity index (χ1) is 13.9. The lowest BCUT2D eigenvalue weighted by Gasteiger charge is -2.45. The van der Waals surface area contributed by atoms with Crippen LogP contribution in [0.1, 0.15) is 43.4 Å². The van der Waals surface area contributed by atoms with E-state index < -0.39 is 17.8 Å². The number of anilines is 1. The van der Waals surface area contributed by atoms with Gasteiger partial charge in [0.25, 0.3) is 0 Å². The first kappa shape index (κ1) is 19.8. The van der Waals surface area contributed by atoms with E-state index in [1.807, 2.05) is 12.1 Å². The van der Waals surface area contributed by atoms with Crippen LogP contribution in [-0.2, 0) is 12.7 Å². The summed E-state index contributed by atoms with van der Waals surface area (Å²) in [6.45, 7) is 0.834. The van der Waals surface area contributed by atoms with Gasteiger partial charge < -0.3 is 20.0 Å². The molecule has 4 rings (SSSR count). The summed E-state index contributed by atoms with van der Waals surface area (Å²) in [5, 5.41) is 5.29. The lowest BCUT2D eigenvalue weighted by molar-refractivity contribution is -0.974. The van der Waals surface area contributed by atoms with Gasteiger partial charge in [-0.25, -0.2) is 4.79 Å². The predicted octanol–water partition coefficient (Wildman–Crippen LogP) is 3.59. The molecule has 2 amide bonds. The van der Waals surface area contributed by atoms with Gasteiger partial charge in [0, 0.05) is 18.9 Å². The molecule has 2 bridgehead atoms. The number of urea groups is 1. The van der Waals surface area contributed by atoms with Gasteiger partial charge in [-0.15, -0.1) is 0 Å². The number of rotatable bonds is 4. The van der Waals surface area contributed by atoms with E-state index in [2.05, 4.69) is 10.6 Å². The Kier molecular flexibility index (Phi) is 5.54. The maximum atomic E-state index is 13.1. The number of carbonyl (C=O) groups is 1. The maximum absolute atomic E-state index is 13.1. The van der Waals surface area contributed by atoms with Crippen LogP contribution in [0.25, 0.3) is 0 Å². The fraction of sp³-hybridized carbons (Fsp3) is 0.476. The van der Waals surface area contributed by atoms with E-state index in [0.717, 1.165) is 44.1 Å². The second-order valence-corrected chi connectivity index (χ2v) is 7.97. The Balaban J connectivity index is 1.38. The van der Waals surface area contributed by atoms with Crippen molar-refractivity contribution in [2.24, 2.45) is 0 Å². The molecule has 29 heavy (non-hydrogen) atoms. The van der Waals surface area contributed by atoms with Crippen LogP contribution >= 0.6 is 0 Å². The van der Waals surface area contributed by atoms with Crippen molar-refractivity contribution in [3.8, 4) is 0 Å². The fourth-order valence-electron chi connectivity index (χ4n) is 4.84. The van der Waals surface area contributed by atoms with E-state index in [9.17, 15) is 18.0 Å². The minimum absolute atomic E-state index is 0.0382. The number of amides is 2. The zero-order valence-electron chi connectivity index (χ0n) is 16.0. The third kappa shape index (κ3) is 4.58.